The molecule has 0 saturated heterocycles. The summed E-state index contributed by atoms with van der Waals surface area (Å²) in [5.74, 6) is 0.0586. The molecular weight excluding hydrogens is 236 g/mol. The average Bonchev–Trinajstić information content (AvgIpc) is 2.08. The lowest BCUT2D eigenvalue weighted by molar-refractivity contribution is 0.585. The number of H-pyrrole nitrogens is 1. The number of nitrogens with one attached hydrogen (secondary N) is 1. The second-order valence-corrected chi connectivity index (χ2v) is 5.90. The predicted octanol–water partition coefficient (Wildman–Crippen LogP) is 0.341. The molecule has 5 nitrogen and oxygen atoms in total. The van der Waals surface area contributed by atoms with E-state index < -0.39 is 9.84 Å². The highest BCUT2D eigenvalue weighted by atomic mass is 32.2. The van der Waals surface area contributed by atoms with Gasteiger partial charge in [-0.3, -0.25) is 9.36 Å². The van der Waals surface area contributed by atoms with Gasteiger partial charge in [-0.1, -0.05) is 0 Å². The van der Waals surface area contributed by atoms with Gasteiger partial charge in [-0.2, -0.15) is 0 Å². The molecule has 0 aliphatic heterocycles. The molecule has 0 saturated carbocycles. The van der Waals surface area contributed by atoms with Crippen molar-refractivity contribution >= 4 is 22.1 Å². The van der Waals surface area contributed by atoms with E-state index in [1.54, 1.807) is 0 Å². The van der Waals surface area contributed by atoms with Crippen molar-refractivity contribution in [2.45, 2.75) is 13.0 Å². The minimum absolute atomic E-state index is 0.0586. The van der Waals surface area contributed by atoms with Crippen LogP contribution in [0.1, 0.15) is 6.42 Å². The molecule has 0 amide bonds. The molecule has 84 valence electrons. The lowest BCUT2D eigenvalue weighted by Gasteiger charge is -2.03. The summed E-state index contributed by atoms with van der Waals surface area (Å²) in [5, 5.41) is 0. The number of rotatable bonds is 4. The highest BCUT2D eigenvalue weighted by Gasteiger charge is 2.03. The van der Waals surface area contributed by atoms with Gasteiger partial charge < -0.3 is 4.98 Å². The maximum Gasteiger partial charge on any atom is 0.254 e. The van der Waals surface area contributed by atoms with Crippen LogP contribution < -0.4 is 5.56 Å². The van der Waals surface area contributed by atoms with Gasteiger partial charge in [0.2, 0.25) is 0 Å². The second kappa shape index (κ2) is 4.71. The Morgan fingerprint density at radius 2 is 2.20 bits per heavy atom. The molecule has 0 aliphatic carbocycles. The summed E-state index contributed by atoms with van der Waals surface area (Å²) in [5.41, 5.74) is -0.216. The first kappa shape index (κ1) is 12.1. The van der Waals surface area contributed by atoms with Gasteiger partial charge in [-0.05, 0) is 18.6 Å². The van der Waals surface area contributed by atoms with Crippen molar-refractivity contribution in [2.24, 2.45) is 0 Å². The molecule has 1 aromatic heterocycles. The van der Waals surface area contributed by atoms with Gasteiger partial charge in [-0.15, -0.1) is 0 Å². The van der Waals surface area contributed by atoms with Crippen LogP contribution in [0.25, 0.3) is 0 Å². The Bertz CT molecular complexity index is 513. The topological polar surface area (TPSA) is 71.9 Å². The largest absolute Gasteiger partial charge is 0.339 e. The van der Waals surface area contributed by atoms with Gasteiger partial charge in [0.05, 0.1) is 5.75 Å². The minimum atomic E-state index is -2.98. The van der Waals surface area contributed by atoms with E-state index in [1.807, 2.05) is 0 Å². The van der Waals surface area contributed by atoms with Crippen molar-refractivity contribution < 1.29 is 8.42 Å². The highest BCUT2D eigenvalue weighted by Crippen LogP contribution is 1.93. The quantitative estimate of drug-likeness (QED) is 0.780. The minimum Gasteiger partial charge on any atom is -0.339 e. The fraction of sp³-hybridized carbons (Fsp3) is 0.500. The standard InChI is InChI=1S/C8H12N2O3S2/c1-15(12,13)6-2-5-10-7(11)3-4-9-8(10)14/h3-4H,2,5-6H2,1H3,(H,9,14). The van der Waals surface area contributed by atoms with Crippen LogP contribution in [0, 0.1) is 4.77 Å². The average molecular weight is 248 g/mol. The maximum absolute atomic E-state index is 11.3. The van der Waals surface area contributed by atoms with E-state index in [1.165, 1.54) is 23.1 Å². The molecule has 15 heavy (non-hydrogen) atoms. The Balaban J connectivity index is 2.75. The third-order valence-corrected chi connectivity index (χ3v) is 3.21. The van der Waals surface area contributed by atoms with E-state index in [0.717, 1.165) is 0 Å². The fourth-order valence-corrected chi connectivity index (χ4v) is 2.05. The van der Waals surface area contributed by atoms with Crippen molar-refractivity contribution in [3.05, 3.63) is 27.4 Å². The van der Waals surface area contributed by atoms with Crippen molar-refractivity contribution in [1.29, 1.82) is 0 Å². The summed E-state index contributed by atoms with van der Waals surface area (Å²) >= 11 is 4.90. The molecule has 0 spiro atoms. The van der Waals surface area contributed by atoms with E-state index >= 15 is 0 Å². The molecule has 7 heteroatoms. The normalized spacial score (nSPS) is 11.5. The smallest absolute Gasteiger partial charge is 0.254 e. The third kappa shape index (κ3) is 3.96. The fourth-order valence-electron chi connectivity index (χ4n) is 1.15. The van der Waals surface area contributed by atoms with Crippen LogP contribution in [0.2, 0.25) is 0 Å². The molecule has 0 radical (unpaired) electrons. The monoisotopic (exact) mass is 248 g/mol. The Morgan fingerprint density at radius 3 is 2.73 bits per heavy atom. The lowest BCUT2D eigenvalue weighted by Crippen LogP contribution is -2.21. The number of nitrogens with zero attached hydrogens (tertiary/aromatic N) is 1. The van der Waals surface area contributed by atoms with Crippen LogP contribution in [0.3, 0.4) is 0 Å². The number of hydrogen-bond acceptors (Lipinski definition) is 4. The molecule has 1 aromatic rings. The van der Waals surface area contributed by atoms with Crippen LogP contribution >= 0.6 is 12.2 Å². The first-order valence-corrected chi connectivity index (χ1v) is 6.83. The van der Waals surface area contributed by atoms with Gasteiger partial charge in [0, 0.05) is 25.1 Å². The van der Waals surface area contributed by atoms with Gasteiger partial charge in [-0.25, -0.2) is 8.42 Å². The van der Waals surface area contributed by atoms with Crippen LogP contribution in [-0.4, -0.2) is 30.0 Å². The summed E-state index contributed by atoms with van der Waals surface area (Å²) in [7, 11) is -2.98. The summed E-state index contributed by atoms with van der Waals surface area (Å²) in [6.45, 7) is 0.322. The van der Waals surface area contributed by atoms with Crippen LogP contribution in [0.4, 0.5) is 0 Å². The van der Waals surface area contributed by atoms with E-state index in [2.05, 4.69) is 4.98 Å². The van der Waals surface area contributed by atoms with E-state index in [0.29, 0.717) is 17.7 Å². The SMILES string of the molecule is CS(=O)(=O)CCCn1c(=O)cc[nH]c1=S. The van der Waals surface area contributed by atoms with Crippen LogP contribution in [0.15, 0.2) is 17.1 Å². The lowest BCUT2D eigenvalue weighted by atomic mass is 10.4. The van der Waals surface area contributed by atoms with E-state index in [4.69, 9.17) is 12.2 Å². The number of sulfone groups is 1. The zero-order valence-electron chi connectivity index (χ0n) is 8.26. The molecule has 1 N–H and O–H groups in total. The Morgan fingerprint density at radius 1 is 1.53 bits per heavy atom. The summed E-state index contributed by atoms with van der Waals surface area (Å²) in [4.78, 5) is 14.0. The zero-order valence-corrected chi connectivity index (χ0v) is 9.90. The first-order valence-electron chi connectivity index (χ1n) is 4.36. The van der Waals surface area contributed by atoms with Crippen molar-refractivity contribution in [1.82, 2.24) is 9.55 Å². The third-order valence-electron chi connectivity index (χ3n) is 1.84. The molecule has 0 aliphatic rings. The Labute approximate surface area is 92.7 Å². The summed E-state index contributed by atoms with van der Waals surface area (Å²) in [6, 6.07) is 1.36. The molecular formula is C8H12N2O3S2. The molecule has 0 fully saturated rings. The molecule has 1 rings (SSSR count). The molecule has 0 unspecified atom stereocenters. The van der Waals surface area contributed by atoms with Gasteiger partial charge in [0.15, 0.2) is 4.77 Å². The van der Waals surface area contributed by atoms with Crippen molar-refractivity contribution in [2.75, 3.05) is 12.0 Å². The number of hydrogen-bond donors (Lipinski definition) is 1. The summed E-state index contributed by atoms with van der Waals surface area (Å²) in [6.07, 6.45) is 3.03. The van der Waals surface area contributed by atoms with Gasteiger partial charge in [0.1, 0.15) is 9.84 Å². The Hall–Kier alpha value is -0.950. The van der Waals surface area contributed by atoms with E-state index in [9.17, 15) is 13.2 Å². The molecule has 0 bridgehead atoms. The van der Waals surface area contributed by atoms with Crippen molar-refractivity contribution in [3.8, 4) is 0 Å². The second-order valence-electron chi connectivity index (χ2n) is 3.26. The van der Waals surface area contributed by atoms with Gasteiger partial charge >= 0.3 is 0 Å². The number of aromatic nitrogens is 2. The van der Waals surface area contributed by atoms with Crippen LogP contribution in [0.5, 0.6) is 0 Å². The highest BCUT2D eigenvalue weighted by molar-refractivity contribution is 7.90. The maximum atomic E-state index is 11.3. The number of aromatic amines is 1. The first-order chi connectivity index (χ1) is 6.90. The summed E-state index contributed by atoms with van der Waals surface area (Å²) < 4.78 is 23.4. The molecule has 1 heterocycles. The van der Waals surface area contributed by atoms with Gasteiger partial charge in [0.25, 0.3) is 5.56 Å². The molecule has 0 atom stereocenters. The van der Waals surface area contributed by atoms with E-state index in [-0.39, 0.29) is 11.3 Å². The van der Waals surface area contributed by atoms with Crippen LogP contribution in [-0.2, 0) is 16.4 Å². The van der Waals surface area contributed by atoms with Crippen molar-refractivity contribution in [3.63, 3.8) is 0 Å². The predicted molar refractivity (Wildman–Crippen MR) is 60.2 cm³/mol. The Kier molecular flexibility index (Phi) is 3.81. The zero-order chi connectivity index (χ0) is 11.5. The molecule has 0 aromatic carbocycles.